The van der Waals surface area contributed by atoms with E-state index in [0.717, 1.165) is 63.9 Å². The number of ether oxygens (including phenoxy) is 3. The van der Waals surface area contributed by atoms with E-state index in [0.29, 0.717) is 6.54 Å². The molecule has 5 aromatic rings. The number of likely N-dealkylation sites (tertiary alicyclic amines) is 1. The van der Waals surface area contributed by atoms with Crippen molar-refractivity contribution < 1.29 is 37.3 Å². The van der Waals surface area contributed by atoms with Crippen molar-refractivity contribution >= 4 is 21.9 Å². The van der Waals surface area contributed by atoms with Crippen molar-refractivity contribution in [3.05, 3.63) is 161 Å². The number of benzene rings is 5. The first-order valence-electron chi connectivity index (χ1n) is 21.7. The highest BCUT2D eigenvalue weighted by Crippen LogP contribution is 2.43. The van der Waals surface area contributed by atoms with Gasteiger partial charge in [-0.2, -0.15) is 4.72 Å². The van der Waals surface area contributed by atoms with Crippen LogP contribution < -0.4 is 10.0 Å². The van der Waals surface area contributed by atoms with E-state index in [2.05, 4.69) is 27.9 Å². The number of carbonyl (C=O) groups is 2. The monoisotopic (exact) mass is 873 g/mol. The number of esters is 1. The number of hydrogen-bond donors (Lipinski definition) is 3. The standard InChI is InChI=1S/C51H59N3O8S/c1-34-19-25-43(26-20-34)63(58,59)53-44(29-36-12-7-6-8-13-36)48(56)52-31-38-14-9-15-40(28-38)41-16-10-17-42(30-41)50-60-46(32-54-27-11-18-45(54)49(57)62-51(3,4)5)35(2)47(61-50)39-23-21-37(33-55)22-24-39/h6-10,12-17,19-26,28,30,35,44-47,50,53,55H,11,18,27,29,31-33H2,1-5H3,(H,52,56). The van der Waals surface area contributed by atoms with Crippen LogP contribution in [0.15, 0.2) is 132 Å². The third-order valence-corrected chi connectivity index (χ3v) is 13.2. The molecule has 0 bridgehead atoms. The van der Waals surface area contributed by atoms with Gasteiger partial charge in [0, 0.05) is 24.6 Å². The Morgan fingerprint density at radius 3 is 2.21 bits per heavy atom. The second-order valence-corrected chi connectivity index (χ2v) is 19.4. The van der Waals surface area contributed by atoms with Crippen LogP contribution in [-0.2, 0) is 53.4 Å². The second kappa shape index (κ2) is 20.1. The molecule has 0 saturated carbocycles. The zero-order valence-corrected chi connectivity index (χ0v) is 37.5. The maximum absolute atomic E-state index is 13.8. The summed E-state index contributed by atoms with van der Waals surface area (Å²) in [6.07, 6.45) is 0.469. The van der Waals surface area contributed by atoms with E-state index in [-0.39, 0.29) is 54.6 Å². The van der Waals surface area contributed by atoms with Gasteiger partial charge in [0.2, 0.25) is 15.9 Å². The quantitative estimate of drug-likeness (QED) is 0.0894. The molecule has 2 saturated heterocycles. The first-order valence-corrected chi connectivity index (χ1v) is 23.2. The number of hydrogen-bond acceptors (Lipinski definition) is 9. The minimum absolute atomic E-state index is 0.0536. The fourth-order valence-corrected chi connectivity index (χ4v) is 9.48. The Hall–Kier alpha value is -5.21. The van der Waals surface area contributed by atoms with Crippen LogP contribution in [0.4, 0.5) is 0 Å². The molecule has 0 spiro atoms. The molecular weight excluding hydrogens is 815 g/mol. The van der Waals surface area contributed by atoms with Gasteiger partial charge in [0.15, 0.2) is 6.29 Å². The van der Waals surface area contributed by atoms with Gasteiger partial charge in [0.05, 0.1) is 23.7 Å². The normalized spacial score (nSPS) is 21.1. The molecule has 63 heavy (non-hydrogen) atoms. The maximum Gasteiger partial charge on any atom is 0.323 e. The van der Waals surface area contributed by atoms with Crippen LogP contribution in [-0.4, -0.2) is 67.2 Å². The van der Waals surface area contributed by atoms with Gasteiger partial charge < -0.3 is 24.6 Å². The molecule has 332 valence electrons. The summed E-state index contributed by atoms with van der Waals surface area (Å²) in [5, 5.41) is 12.7. The molecule has 2 heterocycles. The highest BCUT2D eigenvalue weighted by molar-refractivity contribution is 7.89. The first-order chi connectivity index (χ1) is 30.2. The lowest BCUT2D eigenvalue weighted by Gasteiger charge is -2.43. The fourth-order valence-electron chi connectivity index (χ4n) is 8.29. The smallest absolute Gasteiger partial charge is 0.323 e. The van der Waals surface area contributed by atoms with Crippen molar-refractivity contribution in [3.63, 3.8) is 0 Å². The molecule has 11 nitrogen and oxygen atoms in total. The molecule has 5 aromatic carbocycles. The van der Waals surface area contributed by atoms with Crippen molar-refractivity contribution in [1.29, 1.82) is 0 Å². The van der Waals surface area contributed by atoms with E-state index in [1.54, 1.807) is 12.1 Å². The van der Waals surface area contributed by atoms with Crippen LogP contribution in [0.5, 0.6) is 0 Å². The number of aliphatic hydroxyl groups is 1. The maximum atomic E-state index is 13.8. The van der Waals surface area contributed by atoms with Crippen molar-refractivity contribution in [2.45, 2.75) is 108 Å². The highest BCUT2D eigenvalue weighted by Gasteiger charge is 2.42. The summed E-state index contributed by atoms with van der Waals surface area (Å²) in [5.41, 5.74) is 6.46. The molecule has 0 aliphatic carbocycles. The van der Waals surface area contributed by atoms with Crippen LogP contribution >= 0.6 is 0 Å². The summed E-state index contributed by atoms with van der Waals surface area (Å²) in [4.78, 5) is 29.4. The van der Waals surface area contributed by atoms with Gasteiger partial charge in [-0.1, -0.05) is 116 Å². The lowest BCUT2D eigenvalue weighted by atomic mass is 9.89. The van der Waals surface area contributed by atoms with Gasteiger partial charge in [-0.3, -0.25) is 14.5 Å². The van der Waals surface area contributed by atoms with Gasteiger partial charge >= 0.3 is 5.97 Å². The van der Waals surface area contributed by atoms with E-state index in [4.69, 9.17) is 14.2 Å². The molecule has 6 atom stereocenters. The average molecular weight is 874 g/mol. The Balaban J connectivity index is 1.09. The molecule has 12 heteroatoms. The Kier molecular flexibility index (Phi) is 14.6. The topological polar surface area (TPSA) is 144 Å². The van der Waals surface area contributed by atoms with Crippen molar-refractivity contribution in [2.24, 2.45) is 5.92 Å². The zero-order chi connectivity index (χ0) is 44.7. The zero-order valence-electron chi connectivity index (χ0n) is 36.7. The van der Waals surface area contributed by atoms with Crippen LogP contribution in [0, 0.1) is 12.8 Å². The summed E-state index contributed by atoms with van der Waals surface area (Å²) in [6, 6.07) is 38.2. The van der Waals surface area contributed by atoms with E-state index < -0.39 is 33.9 Å². The van der Waals surface area contributed by atoms with E-state index in [9.17, 15) is 23.1 Å². The molecule has 2 fully saturated rings. The SMILES string of the molecule is Cc1ccc(S(=O)(=O)NC(Cc2ccccc2)C(=O)NCc2cccc(-c3cccc(C4OC(CN5CCCC5C(=O)OC(C)(C)C)C(C)C(c5ccc(CO)cc5)O4)c3)c2)cc1. The second-order valence-electron chi connectivity index (χ2n) is 17.7. The summed E-state index contributed by atoms with van der Waals surface area (Å²) < 4.78 is 49.0. The summed E-state index contributed by atoms with van der Waals surface area (Å²) in [7, 11) is -3.99. The fraction of sp³-hybridized carbons (Fsp3) is 0.373. The summed E-state index contributed by atoms with van der Waals surface area (Å²) >= 11 is 0. The minimum Gasteiger partial charge on any atom is -0.459 e. The van der Waals surface area contributed by atoms with Crippen LogP contribution in [0.3, 0.4) is 0 Å². The van der Waals surface area contributed by atoms with E-state index in [1.165, 1.54) is 12.1 Å². The molecule has 1 amide bonds. The largest absolute Gasteiger partial charge is 0.459 e. The molecule has 0 radical (unpaired) electrons. The number of aliphatic hydroxyl groups excluding tert-OH is 1. The van der Waals surface area contributed by atoms with E-state index >= 15 is 0 Å². The van der Waals surface area contributed by atoms with Crippen LogP contribution in [0.25, 0.3) is 11.1 Å². The highest BCUT2D eigenvalue weighted by atomic mass is 32.2. The molecule has 0 aromatic heterocycles. The predicted octanol–water partition coefficient (Wildman–Crippen LogP) is 7.96. The Morgan fingerprint density at radius 1 is 0.825 bits per heavy atom. The molecule has 6 unspecified atom stereocenters. The molecule has 7 rings (SSSR count). The van der Waals surface area contributed by atoms with Gasteiger partial charge in [-0.15, -0.1) is 0 Å². The van der Waals surface area contributed by atoms with Gasteiger partial charge in [-0.25, -0.2) is 8.42 Å². The van der Waals surface area contributed by atoms with Gasteiger partial charge in [0.25, 0.3) is 0 Å². The third kappa shape index (κ3) is 11.9. The minimum atomic E-state index is -3.99. The number of sulfonamides is 1. The Morgan fingerprint density at radius 2 is 1.51 bits per heavy atom. The first kappa shape index (κ1) is 45.8. The number of rotatable bonds is 15. The van der Waals surface area contributed by atoms with E-state index in [1.807, 2.05) is 125 Å². The van der Waals surface area contributed by atoms with Crippen LogP contribution in [0.1, 0.15) is 86.3 Å². The number of aryl methyl sites for hydroxylation is 1. The summed E-state index contributed by atoms with van der Waals surface area (Å²) in [5.74, 6) is -0.720. The van der Waals surface area contributed by atoms with Crippen LogP contribution in [0.2, 0.25) is 0 Å². The number of amides is 1. The predicted molar refractivity (Wildman–Crippen MR) is 243 cm³/mol. The molecule has 2 aliphatic rings. The number of carbonyl (C=O) groups excluding carboxylic acids is 2. The van der Waals surface area contributed by atoms with Crippen molar-refractivity contribution in [3.8, 4) is 11.1 Å². The number of nitrogens with zero attached hydrogens (tertiary/aromatic N) is 1. The molecule has 2 aliphatic heterocycles. The van der Waals surface area contributed by atoms with Crippen molar-refractivity contribution in [2.75, 3.05) is 13.1 Å². The Bertz CT molecular complexity index is 2440. The summed E-state index contributed by atoms with van der Waals surface area (Å²) in [6.45, 7) is 11.1. The molecule has 3 N–H and O–H groups in total. The average Bonchev–Trinajstić information content (AvgIpc) is 3.74. The number of nitrogens with one attached hydrogen (secondary N) is 2. The van der Waals surface area contributed by atoms with Gasteiger partial charge in [0.1, 0.15) is 17.7 Å². The molecular formula is C51H59N3O8S. The Labute approximate surface area is 371 Å². The van der Waals surface area contributed by atoms with Crippen molar-refractivity contribution in [1.82, 2.24) is 14.9 Å². The lowest BCUT2D eigenvalue weighted by molar-refractivity contribution is -0.276. The van der Waals surface area contributed by atoms with Gasteiger partial charge in [-0.05, 0) is 111 Å². The lowest BCUT2D eigenvalue weighted by Crippen LogP contribution is -2.48. The third-order valence-electron chi connectivity index (χ3n) is 11.7.